The first kappa shape index (κ1) is 19.9. The van der Waals surface area contributed by atoms with E-state index in [9.17, 15) is 30.0 Å². The summed E-state index contributed by atoms with van der Waals surface area (Å²) in [6.07, 6.45) is -1.78. The minimum atomic E-state index is -5.82. The van der Waals surface area contributed by atoms with Crippen molar-refractivity contribution >= 4 is 20.2 Å². The van der Waals surface area contributed by atoms with Gasteiger partial charge in [0.1, 0.15) is 6.10 Å². The van der Waals surface area contributed by atoms with Crippen LogP contribution in [0.25, 0.3) is 0 Å². The van der Waals surface area contributed by atoms with Crippen LogP contribution in [0, 0.1) is 6.92 Å². The number of hydrogen-bond acceptors (Lipinski definition) is 6. The fourth-order valence-electron chi connectivity index (χ4n) is 1.39. The molecule has 23 heavy (non-hydrogen) atoms. The zero-order valence-corrected chi connectivity index (χ0v) is 13.8. The van der Waals surface area contributed by atoms with Gasteiger partial charge in [0, 0.05) is 0 Å². The Morgan fingerprint density at radius 2 is 1.61 bits per heavy atom. The lowest BCUT2D eigenvalue weighted by Gasteiger charge is -2.17. The zero-order valence-electron chi connectivity index (χ0n) is 12.2. The Hall–Kier alpha value is -1.17. The third-order valence-electron chi connectivity index (χ3n) is 2.72. The molecule has 0 fully saturated rings. The quantitative estimate of drug-likeness (QED) is 0.536. The molecule has 0 aromatic heterocycles. The highest BCUT2D eigenvalue weighted by Gasteiger charge is 2.48. The summed E-state index contributed by atoms with van der Waals surface area (Å²) < 4.78 is 90.8. The molecule has 1 aromatic carbocycles. The molecular weight excluding hydrogens is 361 g/mol. The summed E-state index contributed by atoms with van der Waals surface area (Å²) >= 11 is 0. The topological polar surface area (TPSA) is 86.7 Å². The Morgan fingerprint density at radius 1 is 1.09 bits per heavy atom. The Labute approximate surface area is 132 Å². The van der Waals surface area contributed by atoms with Crippen molar-refractivity contribution in [1.82, 2.24) is 0 Å². The first-order chi connectivity index (χ1) is 10.4. The molecule has 1 aromatic rings. The Balaban J connectivity index is 2.80. The zero-order chi connectivity index (χ0) is 17.9. The van der Waals surface area contributed by atoms with E-state index in [1.807, 2.05) is 0 Å². The Kier molecular flexibility index (Phi) is 6.18. The molecule has 1 unspecified atom stereocenters. The molecule has 1 atom stereocenters. The first-order valence-corrected chi connectivity index (χ1v) is 9.16. The summed E-state index contributed by atoms with van der Waals surface area (Å²) in [5.41, 5.74) is -4.79. The Bertz CT molecular complexity index is 723. The summed E-state index contributed by atoms with van der Waals surface area (Å²) in [5, 5.41) is 0. The number of benzene rings is 1. The van der Waals surface area contributed by atoms with Crippen LogP contribution in [0.1, 0.15) is 18.9 Å². The maximum absolute atomic E-state index is 12.2. The SMILES string of the molecule is CCC(COS(=O)(=O)c1ccc(C)cc1)OS(=O)(=O)C(F)(F)F. The second-order valence-electron chi connectivity index (χ2n) is 4.58. The molecule has 0 N–H and O–H groups in total. The van der Waals surface area contributed by atoms with E-state index in [-0.39, 0.29) is 11.3 Å². The maximum atomic E-state index is 12.2. The molecule has 0 saturated carbocycles. The predicted octanol–water partition coefficient (Wildman–Crippen LogP) is 2.35. The van der Waals surface area contributed by atoms with Gasteiger partial charge in [-0.05, 0) is 25.5 Å². The molecule has 0 amide bonds. The average Bonchev–Trinajstić information content (AvgIpc) is 2.42. The van der Waals surface area contributed by atoms with E-state index in [4.69, 9.17) is 0 Å². The lowest BCUT2D eigenvalue weighted by atomic mass is 10.2. The van der Waals surface area contributed by atoms with Crippen molar-refractivity contribution in [2.45, 2.75) is 36.8 Å². The van der Waals surface area contributed by atoms with Crippen molar-refractivity contribution in [3.8, 4) is 0 Å². The van der Waals surface area contributed by atoms with Gasteiger partial charge in [-0.25, -0.2) is 0 Å². The molecule has 0 saturated heterocycles. The number of hydrogen-bond donors (Lipinski definition) is 0. The second kappa shape index (κ2) is 7.16. The van der Waals surface area contributed by atoms with Crippen LogP contribution < -0.4 is 0 Å². The predicted molar refractivity (Wildman–Crippen MR) is 74.5 cm³/mol. The molecule has 0 aliphatic heterocycles. The second-order valence-corrected chi connectivity index (χ2v) is 7.76. The minimum absolute atomic E-state index is 0.196. The highest BCUT2D eigenvalue weighted by Crippen LogP contribution is 2.26. The molecule has 0 radical (unpaired) electrons. The largest absolute Gasteiger partial charge is 0.523 e. The van der Waals surface area contributed by atoms with E-state index in [0.29, 0.717) is 0 Å². The molecule has 11 heteroatoms. The molecule has 0 bridgehead atoms. The van der Waals surface area contributed by atoms with Crippen molar-refractivity contribution in [1.29, 1.82) is 0 Å². The van der Waals surface area contributed by atoms with Crippen molar-refractivity contribution in [2.24, 2.45) is 0 Å². The number of rotatable bonds is 7. The summed E-state index contributed by atoms with van der Waals surface area (Å²) in [6, 6.07) is 5.55. The smallest absolute Gasteiger partial charge is 0.264 e. The van der Waals surface area contributed by atoms with E-state index in [1.165, 1.54) is 31.2 Å². The first-order valence-electron chi connectivity index (χ1n) is 6.34. The van der Waals surface area contributed by atoms with Crippen LogP contribution in [0.5, 0.6) is 0 Å². The average molecular weight is 376 g/mol. The van der Waals surface area contributed by atoms with E-state index in [2.05, 4.69) is 8.37 Å². The van der Waals surface area contributed by atoms with Crippen molar-refractivity contribution in [2.75, 3.05) is 6.61 Å². The lowest BCUT2D eigenvalue weighted by molar-refractivity contribution is -0.0587. The molecule has 6 nitrogen and oxygen atoms in total. The van der Waals surface area contributed by atoms with Crippen LogP contribution in [0.2, 0.25) is 0 Å². The van der Waals surface area contributed by atoms with E-state index in [0.717, 1.165) is 5.56 Å². The third-order valence-corrected chi connectivity index (χ3v) is 5.11. The molecule has 1 rings (SSSR count). The Morgan fingerprint density at radius 3 is 2.04 bits per heavy atom. The minimum Gasteiger partial charge on any atom is -0.264 e. The van der Waals surface area contributed by atoms with Crippen LogP contribution in [0.4, 0.5) is 13.2 Å². The van der Waals surface area contributed by atoms with Crippen molar-refractivity contribution in [3.63, 3.8) is 0 Å². The van der Waals surface area contributed by atoms with Gasteiger partial charge >= 0.3 is 15.6 Å². The number of alkyl halides is 3. The van der Waals surface area contributed by atoms with Gasteiger partial charge in [0.05, 0.1) is 11.5 Å². The summed E-state index contributed by atoms with van der Waals surface area (Å²) in [4.78, 5) is -0.198. The van der Waals surface area contributed by atoms with E-state index in [1.54, 1.807) is 6.92 Å². The summed E-state index contributed by atoms with van der Waals surface area (Å²) in [5.74, 6) is 0. The van der Waals surface area contributed by atoms with Gasteiger partial charge in [-0.1, -0.05) is 24.6 Å². The van der Waals surface area contributed by atoms with Crippen LogP contribution in [0.3, 0.4) is 0 Å². The van der Waals surface area contributed by atoms with E-state index >= 15 is 0 Å². The fraction of sp³-hybridized carbons (Fsp3) is 0.500. The van der Waals surface area contributed by atoms with Gasteiger partial charge in [-0.3, -0.25) is 8.37 Å². The van der Waals surface area contributed by atoms with Gasteiger partial charge in [0.15, 0.2) is 0 Å². The summed E-state index contributed by atoms with van der Waals surface area (Å²) in [7, 11) is -10.1. The molecule has 0 aliphatic carbocycles. The molecule has 0 heterocycles. The van der Waals surface area contributed by atoms with Gasteiger partial charge in [-0.15, -0.1) is 0 Å². The molecule has 0 aliphatic rings. The van der Waals surface area contributed by atoms with Gasteiger partial charge < -0.3 is 0 Å². The number of halogens is 3. The maximum Gasteiger partial charge on any atom is 0.523 e. The molecular formula is C12H15F3O6S2. The lowest BCUT2D eigenvalue weighted by Crippen LogP contribution is -2.32. The van der Waals surface area contributed by atoms with Crippen LogP contribution in [-0.4, -0.2) is 35.1 Å². The molecule has 132 valence electrons. The van der Waals surface area contributed by atoms with Crippen LogP contribution in [-0.2, 0) is 28.6 Å². The van der Waals surface area contributed by atoms with E-state index < -0.39 is 38.5 Å². The number of aryl methyl sites for hydroxylation is 1. The van der Waals surface area contributed by atoms with Crippen LogP contribution >= 0.6 is 0 Å². The van der Waals surface area contributed by atoms with Crippen LogP contribution in [0.15, 0.2) is 29.2 Å². The van der Waals surface area contributed by atoms with Gasteiger partial charge in [0.2, 0.25) is 0 Å². The third kappa shape index (κ3) is 5.44. The summed E-state index contributed by atoms with van der Waals surface area (Å²) in [6.45, 7) is 2.21. The molecule has 0 spiro atoms. The standard InChI is InChI=1S/C12H15F3O6S2/c1-3-10(21-23(18,19)12(13,14)15)8-20-22(16,17)11-6-4-9(2)5-7-11/h4-7,10H,3,8H2,1-2H3. The highest BCUT2D eigenvalue weighted by atomic mass is 32.2. The fourth-order valence-corrected chi connectivity index (χ4v) is 2.98. The monoisotopic (exact) mass is 376 g/mol. The van der Waals surface area contributed by atoms with Gasteiger partial charge in [-0.2, -0.15) is 30.0 Å². The highest BCUT2D eigenvalue weighted by molar-refractivity contribution is 7.87. The van der Waals surface area contributed by atoms with Gasteiger partial charge in [0.25, 0.3) is 10.1 Å². The van der Waals surface area contributed by atoms with Crippen molar-refractivity contribution in [3.05, 3.63) is 29.8 Å². The van der Waals surface area contributed by atoms with Crippen molar-refractivity contribution < 1.29 is 38.4 Å². The normalized spacial score (nSPS) is 14.7.